The third-order valence-corrected chi connectivity index (χ3v) is 2.19. The summed E-state index contributed by atoms with van der Waals surface area (Å²) in [5.74, 6) is -0.175. The quantitative estimate of drug-likeness (QED) is 0.456. The summed E-state index contributed by atoms with van der Waals surface area (Å²) in [7, 11) is 1.17. The lowest BCUT2D eigenvalue weighted by molar-refractivity contribution is -0.386. The summed E-state index contributed by atoms with van der Waals surface area (Å²) in [6, 6.07) is 1.75. The Morgan fingerprint density at radius 2 is 1.94 bits per heavy atom. The lowest BCUT2D eigenvalue weighted by Crippen LogP contribution is -2.36. The molecule has 0 spiro atoms. The summed E-state index contributed by atoms with van der Waals surface area (Å²) >= 11 is 0. The first-order chi connectivity index (χ1) is 7.29. The van der Waals surface area contributed by atoms with Crippen molar-refractivity contribution in [3.63, 3.8) is 0 Å². The maximum Gasteiger partial charge on any atom is 0.510 e. The molecule has 88 valence electrons. The molecule has 16 heavy (non-hydrogen) atoms. The predicted octanol–water partition coefficient (Wildman–Crippen LogP) is 1.97. The number of halogens is 3. The van der Waals surface area contributed by atoms with Crippen LogP contribution in [0.5, 0.6) is 5.75 Å². The minimum atomic E-state index is -5.26. The SMILES string of the molecule is COc1ccc([B-](F)(F)F)c(C)c1[N+](=O)[O-]. The van der Waals surface area contributed by atoms with Crippen LogP contribution in [0.4, 0.5) is 18.6 Å². The molecule has 0 radical (unpaired) electrons. The fraction of sp³-hybridized carbons (Fsp3) is 0.250. The highest BCUT2D eigenvalue weighted by molar-refractivity contribution is 6.74. The Bertz CT molecular complexity index is 433. The van der Waals surface area contributed by atoms with Crippen LogP contribution in [0, 0.1) is 17.0 Å². The van der Waals surface area contributed by atoms with Gasteiger partial charge in [0.05, 0.1) is 12.0 Å². The number of benzene rings is 1. The highest BCUT2D eigenvalue weighted by atomic mass is 19.4. The molecule has 0 heterocycles. The number of methoxy groups -OCH3 is 1. The van der Waals surface area contributed by atoms with E-state index >= 15 is 0 Å². The number of rotatable bonds is 3. The molecule has 0 unspecified atom stereocenters. The fourth-order valence-electron chi connectivity index (χ4n) is 1.44. The summed E-state index contributed by atoms with van der Waals surface area (Å²) < 4.78 is 42.2. The standard InChI is InChI=1S/C8H8BF3NO3/c1-5-6(9(10,11)12)3-4-7(16-2)8(5)13(14)15/h3-4H,1-2H3/q-1. The van der Waals surface area contributed by atoms with Gasteiger partial charge < -0.3 is 17.7 Å². The molecule has 4 nitrogen and oxygen atoms in total. The van der Waals surface area contributed by atoms with Gasteiger partial charge in [0.15, 0.2) is 5.75 Å². The van der Waals surface area contributed by atoms with E-state index in [1.165, 1.54) is 7.11 Å². The number of nitro groups is 1. The summed E-state index contributed by atoms with van der Waals surface area (Å²) in [4.78, 5) is 9.77. The van der Waals surface area contributed by atoms with Gasteiger partial charge in [0.1, 0.15) is 0 Å². The molecule has 0 bridgehead atoms. The van der Waals surface area contributed by atoms with Crippen LogP contribution in [0.25, 0.3) is 0 Å². The molecule has 0 amide bonds. The van der Waals surface area contributed by atoms with Crippen LogP contribution in [0.1, 0.15) is 5.56 Å². The van der Waals surface area contributed by atoms with E-state index in [0.29, 0.717) is 0 Å². The predicted molar refractivity (Wildman–Crippen MR) is 53.1 cm³/mol. The lowest BCUT2D eigenvalue weighted by Gasteiger charge is -2.18. The Kier molecular flexibility index (Phi) is 3.11. The third-order valence-electron chi connectivity index (χ3n) is 2.19. The van der Waals surface area contributed by atoms with Crippen LogP contribution >= 0.6 is 0 Å². The van der Waals surface area contributed by atoms with Crippen molar-refractivity contribution < 1.29 is 22.6 Å². The fourth-order valence-corrected chi connectivity index (χ4v) is 1.44. The molecule has 0 aromatic heterocycles. The Balaban J connectivity index is 3.50. The molecule has 0 N–H and O–H groups in total. The van der Waals surface area contributed by atoms with Gasteiger partial charge in [0.2, 0.25) is 0 Å². The van der Waals surface area contributed by atoms with Crippen LogP contribution in [-0.4, -0.2) is 19.0 Å². The van der Waals surface area contributed by atoms with Gasteiger partial charge >= 0.3 is 12.7 Å². The summed E-state index contributed by atoms with van der Waals surface area (Å²) in [5, 5.41) is 10.6. The highest BCUT2D eigenvalue weighted by Crippen LogP contribution is 2.30. The average Bonchev–Trinajstić information content (AvgIpc) is 2.14. The molecule has 0 aliphatic heterocycles. The van der Waals surface area contributed by atoms with E-state index in [0.717, 1.165) is 19.1 Å². The average molecular weight is 234 g/mol. The van der Waals surface area contributed by atoms with Gasteiger partial charge in [0, 0.05) is 5.56 Å². The molecule has 1 rings (SSSR count). The first-order valence-electron chi connectivity index (χ1n) is 4.31. The normalized spacial score (nSPS) is 11.3. The molecular formula is C8H8BF3NO3-. The maximum absolute atomic E-state index is 12.5. The number of nitro benzene ring substituents is 1. The molecule has 0 fully saturated rings. The second kappa shape index (κ2) is 4.03. The zero-order valence-corrected chi connectivity index (χ0v) is 8.54. The minimum Gasteiger partial charge on any atom is -0.490 e. The molecule has 1 aromatic rings. The van der Waals surface area contributed by atoms with E-state index < -0.39 is 28.6 Å². The topological polar surface area (TPSA) is 52.4 Å². The Labute approximate surface area is 89.2 Å². The zero-order valence-electron chi connectivity index (χ0n) is 8.54. The molecule has 8 heteroatoms. The molecular weight excluding hydrogens is 226 g/mol. The molecule has 0 aliphatic carbocycles. The van der Waals surface area contributed by atoms with Gasteiger partial charge in [-0.05, 0) is 13.0 Å². The Morgan fingerprint density at radius 3 is 2.31 bits per heavy atom. The first kappa shape index (κ1) is 12.3. The second-order valence-corrected chi connectivity index (χ2v) is 3.16. The van der Waals surface area contributed by atoms with Crippen molar-refractivity contribution in [2.75, 3.05) is 7.11 Å². The second-order valence-electron chi connectivity index (χ2n) is 3.16. The summed E-state index contributed by atoms with van der Waals surface area (Å²) in [6.07, 6.45) is 0. The Morgan fingerprint density at radius 1 is 1.38 bits per heavy atom. The number of hydrogen-bond donors (Lipinski definition) is 0. The van der Waals surface area contributed by atoms with Crippen LogP contribution in [0.2, 0.25) is 0 Å². The summed E-state index contributed by atoms with van der Waals surface area (Å²) in [5.41, 5.74) is -2.02. The van der Waals surface area contributed by atoms with Crippen molar-refractivity contribution >= 4 is 18.1 Å². The van der Waals surface area contributed by atoms with Gasteiger partial charge in [0.25, 0.3) is 0 Å². The van der Waals surface area contributed by atoms with Gasteiger partial charge in [-0.15, -0.1) is 0 Å². The van der Waals surface area contributed by atoms with Gasteiger partial charge in [-0.1, -0.05) is 11.5 Å². The van der Waals surface area contributed by atoms with E-state index in [1.54, 1.807) is 0 Å². The van der Waals surface area contributed by atoms with E-state index in [9.17, 15) is 23.1 Å². The van der Waals surface area contributed by atoms with Crippen LogP contribution in [0.3, 0.4) is 0 Å². The van der Waals surface area contributed by atoms with Gasteiger partial charge in [-0.3, -0.25) is 10.1 Å². The maximum atomic E-state index is 12.5. The monoisotopic (exact) mass is 234 g/mol. The van der Waals surface area contributed by atoms with Crippen molar-refractivity contribution in [2.45, 2.75) is 6.92 Å². The van der Waals surface area contributed by atoms with E-state index in [1.807, 2.05) is 0 Å². The summed E-state index contributed by atoms with van der Waals surface area (Å²) in [6.45, 7) is -4.20. The number of ether oxygens (including phenoxy) is 1. The smallest absolute Gasteiger partial charge is 0.490 e. The highest BCUT2D eigenvalue weighted by Gasteiger charge is 2.32. The zero-order chi connectivity index (χ0) is 12.5. The first-order valence-corrected chi connectivity index (χ1v) is 4.31. The van der Waals surface area contributed by atoms with Gasteiger partial charge in [-0.2, -0.15) is 0 Å². The number of hydrogen-bond acceptors (Lipinski definition) is 3. The Hall–Kier alpha value is -1.73. The van der Waals surface area contributed by atoms with E-state index in [2.05, 4.69) is 4.74 Å². The molecule has 0 aliphatic rings. The van der Waals surface area contributed by atoms with Crippen LogP contribution < -0.4 is 10.2 Å². The molecule has 0 atom stereocenters. The van der Waals surface area contributed by atoms with Crippen molar-refractivity contribution in [3.05, 3.63) is 27.8 Å². The van der Waals surface area contributed by atoms with Crippen molar-refractivity contribution in [1.29, 1.82) is 0 Å². The van der Waals surface area contributed by atoms with Crippen LogP contribution in [-0.2, 0) is 0 Å². The molecule has 1 aromatic carbocycles. The van der Waals surface area contributed by atoms with E-state index in [4.69, 9.17) is 0 Å². The van der Waals surface area contributed by atoms with Crippen molar-refractivity contribution in [1.82, 2.24) is 0 Å². The lowest BCUT2D eigenvalue weighted by atomic mass is 9.76. The van der Waals surface area contributed by atoms with Crippen molar-refractivity contribution in [3.8, 4) is 5.75 Å². The van der Waals surface area contributed by atoms with E-state index in [-0.39, 0.29) is 5.75 Å². The van der Waals surface area contributed by atoms with Crippen molar-refractivity contribution in [2.24, 2.45) is 0 Å². The molecule has 0 saturated heterocycles. The largest absolute Gasteiger partial charge is 0.510 e. The van der Waals surface area contributed by atoms with Crippen LogP contribution in [0.15, 0.2) is 12.1 Å². The molecule has 0 saturated carbocycles. The minimum absolute atomic E-state index is 0.175. The third kappa shape index (κ3) is 2.10. The van der Waals surface area contributed by atoms with Gasteiger partial charge in [-0.25, -0.2) is 0 Å². The number of nitrogens with zero attached hydrogens (tertiary/aromatic N) is 1.